The van der Waals surface area contributed by atoms with E-state index in [1.54, 1.807) is 24.1 Å². The maximum Gasteiger partial charge on any atom is 0.239 e. The zero-order chi connectivity index (χ0) is 15.1. The summed E-state index contributed by atoms with van der Waals surface area (Å²) >= 11 is 0. The van der Waals surface area contributed by atoms with Gasteiger partial charge in [0.25, 0.3) is 0 Å². The standard InChI is InChI=1S/C15H23FN2O2/c1-4-11(2)14(17)15(19)18(3)9-10-20-13-7-5-12(16)6-8-13/h5-8,11,14H,4,9-10,17H2,1-3H3/t11-,14-/m0/s1. The fourth-order valence-corrected chi connectivity index (χ4v) is 1.69. The van der Waals surface area contributed by atoms with Crippen molar-refractivity contribution in [2.45, 2.75) is 26.3 Å². The van der Waals surface area contributed by atoms with E-state index in [0.29, 0.717) is 18.9 Å². The number of halogens is 1. The molecule has 0 bridgehead atoms. The van der Waals surface area contributed by atoms with Crippen LogP contribution in [0.5, 0.6) is 5.75 Å². The monoisotopic (exact) mass is 282 g/mol. The Labute approximate surface area is 119 Å². The third-order valence-corrected chi connectivity index (χ3v) is 3.43. The van der Waals surface area contributed by atoms with Crippen LogP contribution in [-0.2, 0) is 4.79 Å². The Kier molecular flexibility index (Phi) is 6.45. The lowest BCUT2D eigenvalue weighted by atomic mass is 9.99. The van der Waals surface area contributed by atoms with Crippen LogP contribution in [-0.4, -0.2) is 37.0 Å². The molecule has 0 saturated carbocycles. The topological polar surface area (TPSA) is 55.6 Å². The summed E-state index contributed by atoms with van der Waals surface area (Å²) in [7, 11) is 1.71. The van der Waals surface area contributed by atoms with E-state index in [1.807, 2.05) is 13.8 Å². The maximum absolute atomic E-state index is 12.7. The Bertz CT molecular complexity index is 422. The van der Waals surface area contributed by atoms with Crippen LogP contribution in [0.25, 0.3) is 0 Å². The van der Waals surface area contributed by atoms with Crippen molar-refractivity contribution in [3.63, 3.8) is 0 Å². The Balaban J connectivity index is 2.37. The molecular formula is C15H23FN2O2. The third-order valence-electron chi connectivity index (χ3n) is 3.43. The summed E-state index contributed by atoms with van der Waals surface area (Å²) < 4.78 is 18.2. The molecule has 1 amide bonds. The van der Waals surface area contributed by atoms with Crippen LogP contribution in [0.1, 0.15) is 20.3 Å². The number of amides is 1. The van der Waals surface area contributed by atoms with Gasteiger partial charge in [0.1, 0.15) is 18.2 Å². The first kappa shape index (κ1) is 16.4. The van der Waals surface area contributed by atoms with E-state index in [0.717, 1.165) is 6.42 Å². The van der Waals surface area contributed by atoms with Crippen LogP contribution in [0.2, 0.25) is 0 Å². The number of benzene rings is 1. The maximum atomic E-state index is 12.7. The Morgan fingerprint density at radius 1 is 1.40 bits per heavy atom. The van der Waals surface area contributed by atoms with Gasteiger partial charge in [0.2, 0.25) is 5.91 Å². The minimum absolute atomic E-state index is 0.0814. The molecule has 1 aromatic carbocycles. The second-order valence-corrected chi connectivity index (χ2v) is 4.97. The van der Waals surface area contributed by atoms with Crippen LogP contribution in [0, 0.1) is 11.7 Å². The van der Waals surface area contributed by atoms with Gasteiger partial charge in [-0.1, -0.05) is 20.3 Å². The molecule has 0 heterocycles. The number of carbonyl (C=O) groups excluding carboxylic acids is 1. The van der Waals surface area contributed by atoms with Gasteiger partial charge in [-0.2, -0.15) is 0 Å². The summed E-state index contributed by atoms with van der Waals surface area (Å²) in [6, 6.07) is 5.31. The van der Waals surface area contributed by atoms with Gasteiger partial charge in [0.05, 0.1) is 12.6 Å². The summed E-state index contributed by atoms with van der Waals surface area (Å²) in [5, 5.41) is 0. The molecule has 0 aliphatic rings. The molecule has 1 rings (SSSR count). The average Bonchev–Trinajstić information content (AvgIpc) is 2.46. The molecule has 0 aromatic heterocycles. The summed E-state index contributed by atoms with van der Waals surface area (Å²) in [6.07, 6.45) is 0.868. The van der Waals surface area contributed by atoms with Gasteiger partial charge in [-0.15, -0.1) is 0 Å². The molecule has 2 N–H and O–H groups in total. The number of hydrogen-bond donors (Lipinski definition) is 1. The summed E-state index contributed by atoms with van der Waals surface area (Å²) in [5.41, 5.74) is 5.90. The highest BCUT2D eigenvalue weighted by molar-refractivity contribution is 5.81. The van der Waals surface area contributed by atoms with Gasteiger partial charge in [-0.3, -0.25) is 4.79 Å². The molecule has 0 aliphatic carbocycles. The van der Waals surface area contributed by atoms with Crippen molar-refractivity contribution < 1.29 is 13.9 Å². The van der Waals surface area contributed by atoms with Gasteiger partial charge in [0, 0.05) is 7.05 Å². The van der Waals surface area contributed by atoms with Crippen molar-refractivity contribution in [2.24, 2.45) is 11.7 Å². The van der Waals surface area contributed by atoms with E-state index in [1.165, 1.54) is 12.1 Å². The van der Waals surface area contributed by atoms with Crippen molar-refractivity contribution in [1.29, 1.82) is 0 Å². The number of rotatable bonds is 7. The van der Waals surface area contributed by atoms with Crippen molar-refractivity contribution >= 4 is 5.91 Å². The fraction of sp³-hybridized carbons (Fsp3) is 0.533. The second-order valence-electron chi connectivity index (χ2n) is 4.97. The van der Waals surface area contributed by atoms with E-state index in [4.69, 9.17) is 10.5 Å². The number of nitrogens with zero attached hydrogens (tertiary/aromatic N) is 1. The van der Waals surface area contributed by atoms with Gasteiger partial charge in [-0.05, 0) is 30.2 Å². The third kappa shape index (κ3) is 4.81. The molecule has 0 aliphatic heterocycles. The normalized spacial score (nSPS) is 13.7. The second kappa shape index (κ2) is 7.85. The molecule has 112 valence electrons. The van der Waals surface area contributed by atoms with Crippen molar-refractivity contribution in [3.05, 3.63) is 30.1 Å². The molecule has 0 saturated heterocycles. The molecule has 0 fully saturated rings. The molecule has 1 aromatic rings. The minimum Gasteiger partial charge on any atom is -0.492 e. The Morgan fingerprint density at radius 2 is 2.00 bits per heavy atom. The smallest absolute Gasteiger partial charge is 0.239 e. The first-order valence-corrected chi connectivity index (χ1v) is 6.84. The van der Waals surface area contributed by atoms with E-state index in [-0.39, 0.29) is 17.6 Å². The minimum atomic E-state index is -0.476. The van der Waals surface area contributed by atoms with Crippen LogP contribution < -0.4 is 10.5 Å². The fourth-order valence-electron chi connectivity index (χ4n) is 1.69. The lowest BCUT2D eigenvalue weighted by molar-refractivity contribution is -0.132. The summed E-state index contributed by atoms with van der Waals surface area (Å²) in [6.45, 7) is 4.77. The van der Waals surface area contributed by atoms with Crippen LogP contribution in [0.4, 0.5) is 4.39 Å². The molecule has 5 heteroatoms. The predicted molar refractivity (Wildman–Crippen MR) is 77.0 cm³/mol. The van der Waals surface area contributed by atoms with Gasteiger partial charge in [0.15, 0.2) is 0 Å². The number of hydrogen-bond acceptors (Lipinski definition) is 3. The Hall–Kier alpha value is -1.62. The lowest BCUT2D eigenvalue weighted by Crippen LogP contribution is -2.46. The summed E-state index contributed by atoms with van der Waals surface area (Å²) in [4.78, 5) is 13.6. The largest absolute Gasteiger partial charge is 0.492 e. The number of likely N-dealkylation sites (N-methyl/N-ethyl adjacent to an activating group) is 1. The van der Waals surface area contributed by atoms with Gasteiger partial charge < -0.3 is 15.4 Å². The molecule has 0 spiro atoms. The first-order valence-electron chi connectivity index (χ1n) is 6.84. The van der Waals surface area contributed by atoms with E-state index >= 15 is 0 Å². The van der Waals surface area contributed by atoms with E-state index in [2.05, 4.69) is 0 Å². The van der Waals surface area contributed by atoms with E-state index < -0.39 is 6.04 Å². The SMILES string of the molecule is CC[C@H](C)[C@H](N)C(=O)N(C)CCOc1ccc(F)cc1. The molecule has 0 unspecified atom stereocenters. The zero-order valence-electron chi connectivity index (χ0n) is 12.3. The molecule has 20 heavy (non-hydrogen) atoms. The highest BCUT2D eigenvalue weighted by Crippen LogP contribution is 2.11. The first-order chi connectivity index (χ1) is 9.45. The molecule has 2 atom stereocenters. The lowest BCUT2D eigenvalue weighted by Gasteiger charge is -2.24. The number of nitrogens with two attached hydrogens (primary N) is 1. The van der Waals surface area contributed by atoms with Crippen LogP contribution >= 0.6 is 0 Å². The number of carbonyl (C=O) groups is 1. The molecule has 0 radical (unpaired) electrons. The van der Waals surface area contributed by atoms with E-state index in [9.17, 15) is 9.18 Å². The quantitative estimate of drug-likeness (QED) is 0.832. The van der Waals surface area contributed by atoms with Gasteiger partial charge in [-0.25, -0.2) is 4.39 Å². The number of ether oxygens (including phenoxy) is 1. The highest BCUT2D eigenvalue weighted by Gasteiger charge is 2.22. The molecule has 4 nitrogen and oxygen atoms in total. The van der Waals surface area contributed by atoms with Crippen molar-refractivity contribution in [2.75, 3.05) is 20.2 Å². The van der Waals surface area contributed by atoms with Crippen LogP contribution in [0.15, 0.2) is 24.3 Å². The summed E-state index contributed by atoms with van der Waals surface area (Å²) in [5.74, 6) is 0.354. The average molecular weight is 282 g/mol. The van der Waals surface area contributed by atoms with Crippen molar-refractivity contribution in [3.8, 4) is 5.75 Å². The highest BCUT2D eigenvalue weighted by atomic mass is 19.1. The predicted octanol–water partition coefficient (Wildman–Crippen LogP) is 2.04. The van der Waals surface area contributed by atoms with Gasteiger partial charge >= 0.3 is 0 Å². The zero-order valence-corrected chi connectivity index (χ0v) is 12.3. The molecular weight excluding hydrogens is 259 g/mol. The van der Waals surface area contributed by atoms with Crippen LogP contribution in [0.3, 0.4) is 0 Å². The van der Waals surface area contributed by atoms with Crippen molar-refractivity contribution in [1.82, 2.24) is 4.90 Å². The Morgan fingerprint density at radius 3 is 2.55 bits per heavy atom.